The second kappa shape index (κ2) is 8.41. The first-order chi connectivity index (χ1) is 10.3. The molecule has 1 rings (SSSR count). The Morgan fingerprint density at radius 2 is 1.64 bits per heavy atom. The van der Waals surface area contributed by atoms with Crippen LogP contribution in [0.1, 0.15) is 33.6 Å². The molecule has 0 amide bonds. The van der Waals surface area contributed by atoms with Crippen molar-refractivity contribution in [3.63, 3.8) is 0 Å². The van der Waals surface area contributed by atoms with E-state index in [9.17, 15) is 9.59 Å². The van der Waals surface area contributed by atoms with E-state index in [4.69, 9.17) is 14.2 Å². The lowest BCUT2D eigenvalue weighted by atomic mass is 9.91. The first-order valence-electron chi connectivity index (χ1n) is 7.28. The molecule has 0 heterocycles. The van der Waals surface area contributed by atoms with Crippen LogP contribution in [0.4, 0.5) is 0 Å². The van der Waals surface area contributed by atoms with Crippen molar-refractivity contribution in [2.75, 3.05) is 20.3 Å². The third-order valence-electron chi connectivity index (χ3n) is 3.05. The molecule has 22 heavy (non-hydrogen) atoms. The highest BCUT2D eigenvalue weighted by atomic mass is 16.5. The molecule has 0 aromatic heterocycles. The van der Waals surface area contributed by atoms with E-state index < -0.39 is 5.41 Å². The van der Waals surface area contributed by atoms with Crippen LogP contribution < -0.4 is 9.47 Å². The number of esters is 1. The van der Waals surface area contributed by atoms with Gasteiger partial charge in [0.05, 0.1) is 13.7 Å². The normalized spacial score (nSPS) is 10.9. The molecule has 0 atom stereocenters. The highest BCUT2D eigenvalue weighted by Gasteiger charge is 2.22. The maximum Gasteiger partial charge on any atom is 0.306 e. The van der Waals surface area contributed by atoms with Crippen LogP contribution in [-0.2, 0) is 14.3 Å². The molecule has 1 aromatic rings. The monoisotopic (exact) mass is 308 g/mol. The second-order valence-electron chi connectivity index (χ2n) is 5.96. The second-order valence-corrected chi connectivity index (χ2v) is 5.96. The van der Waals surface area contributed by atoms with Gasteiger partial charge in [0.1, 0.15) is 11.5 Å². The standard InChI is InChI=1S/C17H24O5/c1-17(2,3)15(18)12-22-16(19)6-5-11-21-14-9-7-13(20-4)8-10-14/h7-10H,5-6,11-12H2,1-4H3. The molecule has 0 bridgehead atoms. The van der Waals surface area contributed by atoms with Gasteiger partial charge in [-0.3, -0.25) is 9.59 Å². The van der Waals surface area contributed by atoms with Crippen molar-refractivity contribution in [1.29, 1.82) is 0 Å². The van der Waals surface area contributed by atoms with Crippen molar-refractivity contribution in [3.8, 4) is 11.5 Å². The molecule has 0 aliphatic carbocycles. The lowest BCUT2D eigenvalue weighted by molar-refractivity contribution is -0.150. The average molecular weight is 308 g/mol. The van der Waals surface area contributed by atoms with Crippen molar-refractivity contribution in [1.82, 2.24) is 0 Å². The number of benzene rings is 1. The van der Waals surface area contributed by atoms with Gasteiger partial charge in [0.2, 0.25) is 0 Å². The fraction of sp³-hybridized carbons (Fsp3) is 0.529. The molecular formula is C17H24O5. The number of hydrogen-bond acceptors (Lipinski definition) is 5. The SMILES string of the molecule is COc1ccc(OCCCC(=O)OCC(=O)C(C)(C)C)cc1. The number of methoxy groups -OCH3 is 1. The number of carbonyl (C=O) groups is 2. The number of Topliss-reactive ketones (excluding diaryl/α,β-unsaturated/α-hetero) is 1. The van der Waals surface area contributed by atoms with E-state index in [1.54, 1.807) is 40.0 Å². The molecule has 0 unspecified atom stereocenters. The summed E-state index contributed by atoms with van der Waals surface area (Å²) in [5.41, 5.74) is -0.488. The topological polar surface area (TPSA) is 61.8 Å². The lowest BCUT2D eigenvalue weighted by Gasteiger charge is -2.16. The van der Waals surface area contributed by atoms with E-state index in [1.807, 2.05) is 12.1 Å². The van der Waals surface area contributed by atoms with Gasteiger partial charge in [-0.15, -0.1) is 0 Å². The molecule has 0 aliphatic rings. The zero-order valence-electron chi connectivity index (χ0n) is 13.7. The van der Waals surface area contributed by atoms with Crippen LogP contribution in [0.25, 0.3) is 0 Å². The van der Waals surface area contributed by atoms with Crippen LogP contribution in [0.3, 0.4) is 0 Å². The minimum Gasteiger partial charge on any atom is -0.497 e. The summed E-state index contributed by atoms with van der Waals surface area (Å²) in [7, 11) is 1.60. The van der Waals surface area contributed by atoms with Gasteiger partial charge in [-0.05, 0) is 30.7 Å². The molecule has 0 N–H and O–H groups in total. The van der Waals surface area contributed by atoms with Crippen LogP contribution >= 0.6 is 0 Å². The molecule has 0 fully saturated rings. The van der Waals surface area contributed by atoms with Crippen molar-refractivity contribution < 1.29 is 23.8 Å². The van der Waals surface area contributed by atoms with Crippen LogP contribution in [0.15, 0.2) is 24.3 Å². The summed E-state index contributed by atoms with van der Waals surface area (Å²) in [6.07, 6.45) is 0.766. The number of hydrogen-bond donors (Lipinski definition) is 0. The molecular weight excluding hydrogens is 284 g/mol. The highest BCUT2D eigenvalue weighted by Crippen LogP contribution is 2.17. The molecule has 0 aliphatic heterocycles. The maximum absolute atomic E-state index is 11.6. The van der Waals surface area contributed by atoms with Crippen LogP contribution in [-0.4, -0.2) is 32.1 Å². The van der Waals surface area contributed by atoms with E-state index in [2.05, 4.69) is 0 Å². The van der Waals surface area contributed by atoms with E-state index in [0.717, 1.165) is 11.5 Å². The Labute approximate surface area is 131 Å². The fourth-order valence-electron chi connectivity index (χ4n) is 1.51. The van der Waals surface area contributed by atoms with Gasteiger partial charge in [0, 0.05) is 11.8 Å². The predicted molar refractivity (Wildman–Crippen MR) is 83.1 cm³/mol. The van der Waals surface area contributed by atoms with Crippen molar-refractivity contribution >= 4 is 11.8 Å². The molecule has 0 saturated heterocycles. The molecule has 122 valence electrons. The first kappa shape index (κ1) is 18.0. The zero-order valence-corrected chi connectivity index (χ0v) is 13.7. The Hall–Kier alpha value is -2.04. The number of rotatable bonds is 8. The van der Waals surface area contributed by atoms with Crippen LogP contribution in [0, 0.1) is 5.41 Å². The summed E-state index contributed by atoms with van der Waals surface area (Å²) in [6, 6.07) is 7.22. The minimum atomic E-state index is -0.488. The highest BCUT2D eigenvalue weighted by molar-refractivity contribution is 5.86. The predicted octanol–water partition coefficient (Wildman–Crippen LogP) is 3.01. The molecule has 0 saturated carbocycles. The fourth-order valence-corrected chi connectivity index (χ4v) is 1.51. The number of ether oxygens (including phenoxy) is 3. The largest absolute Gasteiger partial charge is 0.497 e. The molecule has 5 nitrogen and oxygen atoms in total. The van der Waals surface area contributed by atoms with Gasteiger partial charge in [0.25, 0.3) is 0 Å². The zero-order chi connectivity index (χ0) is 16.6. The van der Waals surface area contributed by atoms with Gasteiger partial charge in [0.15, 0.2) is 12.4 Å². The Balaban J connectivity index is 2.18. The van der Waals surface area contributed by atoms with Gasteiger partial charge >= 0.3 is 5.97 Å². The smallest absolute Gasteiger partial charge is 0.306 e. The van der Waals surface area contributed by atoms with Crippen molar-refractivity contribution in [3.05, 3.63) is 24.3 Å². The Bertz CT molecular complexity index is 485. The third-order valence-corrected chi connectivity index (χ3v) is 3.05. The maximum atomic E-state index is 11.6. The van der Waals surface area contributed by atoms with Crippen molar-refractivity contribution in [2.24, 2.45) is 5.41 Å². The van der Waals surface area contributed by atoms with Crippen LogP contribution in [0.2, 0.25) is 0 Å². The van der Waals surface area contributed by atoms with Crippen LogP contribution in [0.5, 0.6) is 11.5 Å². The third kappa shape index (κ3) is 6.61. The summed E-state index contributed by atoms with van der Waals surface area (Å²) >= 11 is 0. The van der Waals surface area contributed by atoms with Gasteiger partial charge in [-0.25, -0.2) is 0 Å². The van der Waals surface area contributed by atoms with E-state index in [-0.39, 0.29) is 24.8 Å². The van der Waals surface area contributed by atoms with Gasteiger partial charge in [-0.2, -0.15) is 0 Å². The van der Waals surface area contributed by atoms with E-state index >= 15 is 0 Å². The molecule has 0 radical (unpaired) electrons. The summed E-state index contributed by atoms with van der Waals surface area (Å²) in [6.45, 7) is 5.64. The molecule has 0 spiro atoms. The van der Waals surface area contributed by atoms with E-state index in [1.165, 1.54) is 0 Å². The summed E-state index contributed by atoms with van der Waals surface area (Å²) < 4.78 is 15.5. The van der Waals surface area contributed by atoms with Gasteiger partial charge in [-0.1, -0.05) is 20.8 Å². The Morgan fingerprint density at radius 3 is 2.18 bits per heavy atom. The first-order valence-corrected chi connectivity index (χ1v) is 7.28. The van der Waals surface area contributed by atoms with Crippen molar-refractivity contribution in [2.45, 2.75) is 33.6 Å². The Kier molecular flexibility index (Phi) is 6.89. The summed E-state index contributed by atoms with van der Waals surface area (Å²) in [5.74, 6) is 1.02. The minimum absolute atomic E-state index is 0.0877. The number of carbonyl (C=O) groups excluding carboxylic acids is 2. The summed E-state index contributed by atoms with van der Waals surface area (Å²) in [5, 5.41) is 0. The number of ketones is 1. The summed E-state index contributed by atoms with van der Waals surface area (Å²) in [4.78, 5) is 23.1. The molecule has 5 heteroatoms. The van der Waals surface area contributed by atoms with E-state index in [0.29, 0.717) is 13.0 Å². The Morgan fingerprint density at radius 1 is 1.05 bits per heavy atom. The molecule has 1 aromatic carbocycles. The quantitative estimate of drug-likeness (QED) is 0.545. The van der Waals surface area contributed by atoms with Gasteiger partial charge < -0.3 is 14.2 Å². The lowest BCUT2D eigenvalue weighted by Crippen LogP contribution is -2.26. The average Bonchev–Trinajstić information content (AvgIpc) is 2.48.